The molecule has 1 aliphatic carbocycles. The molecule has 8 nitrogen and oxygen atoms in total. The van der Waals surface area contributed by atoms with E-state index in [-0.39, 0.29) is 24.0 Å². The first kappa shape index (κ1) is 20.4. The highest BCUT2D eigenvalue weighted by molar-refractivity contribution is 5.93. The largest absolute Gasteiger partial charge is 0.386 e. The number of benzene rings is 1. The molecule has 1 aromatic carbocycles. The number of aromatic nitrogens is 2. The van der Waals surface area contributed by atoms with E-state index in [0.717, 1.165) is 29.2 Å². The first-order valence-electron chi connectivity index (χ1n) is 9.67. The fourth-order valence-electron chi connectivity index (χ4n) is 3.22. The van der Waals surface area contributed by atoms with Gasteiger partial charge in [0, 0.05) is 11.5 Å². The highest BCUT2D eigenvalue weighted by Gasteiger charge is 2.39. The van der Waals surface area contributed by atoms with E-state index in [9.17, 15) is 19.1 Å². The lowest BCUT2D eigenvalue weighted by Gasteiger charge is -2.16. The number of carbonyl (C=O) groups excluding carboxylic acids is 1. The average Bonchev–Trinajstić information content (AvgIpc) is 3.55. The number of aliphatic hydroxyl groups excluding tert-OH is 1. The smallest absolute Gasteiger partial charge is 0.352 e. The fourth-order valence-corrected chi connectivity index (χ4v) is 3.22. The van der Waals surface area contributed by atoms with Crippen molar-refractivity contribution in [2.45, 2.75) is 37.9 Å². The van der Waals surface area contributed by atoms with Crippen molar-refractivity contribution in [3.63, 3.8) is 0 Å². The van der Waals surface area contributed by atoms with Crippen LogP contribution in [0.2, 0.25) is 0 Å². The van der Waals surface area contributed by atoms with Crippen LogP contribution in [-0.2, 0) is 20.9 Å². The number of nitrogens with zero attached hydrogens (tertiary/aromatic N) is 2. The van der Waals surface area contributed by atoms with Crippen molar-refractivity contribution < 1.29 is 23.8 Å². The summed E-state index contributed by atoms with van der Waals surface area (Å²) in [6, 6.07) is 9.50. The number of carbonyl (C=O) groups is 1. The second kappa shape index (κ2) is 8.47. The minimum atomic E-state index is -1.09. The lowest BCUT2D eigenvalue weighted by molar-refractivity contribution is -0.117. The van der Waals surface area contributed by atoms with Gasteiger partial charge in [0.05, 0.1) is 19.4 Å². The molecule has 2 aliphatic rings. The average molecular weight is 415 g/mol. The summed E-state index contributed by atoms with van der Waals surface area (Å²) in [6.45, 7) is 4.16. The number of hydrogen-bond acceptors (Lipinski definition) is 6. The molecule has 2 fully saturated rings. The molecule has 0 unspecified atom stereocenters. The van der Waals surface area contributed by atoms with E-state index in [1.165, 1.54) is 0 Å². The molecule has 30 heavy (non-hydrogen) atoms. The molecule has 1 amide bonds. The van der Waals surface area contributed by atoms with E-state index < -0.39 is 35.8 Å². The van der Waals surface area contributed by atoms with Gasteiger partial charge in [0.15, 0.2) is 17.9 Å². The van der Waals surface area contributed by atoms with Crippen LogP contribution in [0.25, 0.3) is 0 Å². The summed E-state index contributed by atoms with van der Waals surface area (Å²) in [6.07, 6.45) is -0.566. The maximum Gasteiger partial charge on any atom is 0.352 e. The van der Waals surface area contributed by atoms with Crippen LogP contribution >= 0.6 is 0 Å². The maximum atomic E-state index is 14.4. The standard InChI is InChI=1S/C21H22FN3O5/c1-12-17(26)16(11-29-10-13-5-3-2-4-6-13)30-20(12)25-9-15(22)18(24-21(25)28)23-19(27)14-7-8-14/h2-6,9,14,16-17,20,26H,1,7-8,10-11H2,(H,23,24,27,28)/t16-,17+,20-/m1/s1. The summed E-state index contributed by atoms with van der Waals surface area (Å²) >= 11 is 0. The van der Waals surface area contributed by atoms with Crippen molar-refractivity contribution in [3.8, 4) is 0 Å². The third-order valence-corrected chi connectivity index (χ3v) is 5.10. The number of anilines is 1. The van der Waals surface area contributed by atoms with Gasteiger partial charge in [-0.05, 0) is 18.4 Å². The Bertz CT molecular complexity index is 1010. The number of amides is 1. The van der Waals surface area contributed by atoms with E-state index in [4.69, 9.17) is 9.47 Å². The third-order valence-electron chi connectivity index (χ3n) is 5.10. The van der Waals surface area contributed by atoms with Crippen molar-refractivity contribution in [1.82, 2.24) is 9.55 Å². The Hall–Kier alpha value is -2.88. The highest BCUT2D eigenvalue weighted by Crippen LogP contribution is 2.33. The molecule has 158 valence electrons. The Labute approximate surface area is 172 Å². The van der Waals surface area contributed by atoms with Gasteiger partial charge in [-0.2, -0.15) is 4.98 Å². The Morgan fingerprint density at radius 2 is 2.10 bits per heavy atom. The molecule has 2 heterocycles. The molecule has 9 heteroatoms. The van der Waals surface area contributed by atoms with E-state index in [0.29, 0.717) is 6.61 Å². The van der Waals surface area contributed by atoms with Gasteiger partial charge in [-0.3, -0.25) is 9.36 Å². The molecule has 0 bridgehead atoms. The highest BCUT2D eigenvalue weighted by atomic mass is 19.1. The van der Waals surface area contributed by atoms with E-state index in [1.807, 2.05) is 30.3 Å². The first-order chi connectivity index (χ1) is 14.4. The molecule has 3 atom stereocenters. The van der Waals surface area contributed by atoms with Crippen LogP contribution in [-0.4, -0.2) is 39.4 Å². The Kier molecular flexibility index (Phi) is 5.76. The number of ether oxygens (including phenoxy) is 2. The lowest BCUT2D eigenvalue weighted by atomic mass is 10.1. The van der Waals surface area contributed by atoms with Crippen LogP contribution in [0.4, 0.5) is 10.2 Å². The number of halogens is 1. The van der Waals surface area contributed by atoms with Crippen molar-refractivity contribution >= 4 is 11.7 Å². The second-order valence-electron chi connectivity index (χ2n) is 7.44. The summed E-state index contributed by atoms with van der Waals surface area (Å²) in [5.74, 6) is -1.80. The number of hydrogen-bond donors (Lipinski definition) is 2. The molecule has 2 aromatic rings. The van der Waals surface area contributed by atoms with E-state index >= 15 is 0 Å². The van der Waals surface area contributed by atoms with Gasteiger partial charge in [0.1, 0.15) is 12.2 Å². The lowest BCUT2D eigenvalue weighted by Crippen LogP contribution is -2.30. The minimum absolute atomic E-state index is 0.0613. The molecular formula is C21H22FN3O5. The molecular weight excluding hydrogens is 393 g/mol. The van der Waals surface area contributed by atoms with Crippen LogP contribution in [0, 0.1) is 11.7 Å². The Morgan fingerprint density at radius 3 is 2.80 bits per heavy atom. The van der Waals surface area contributed by atoms with Crippen molar-refractivity contribution in [1.29, 1.82) is 0 Å². The Balaban J connectivity index is 1.43. The summed E-state index contributed by atoms with van der Waals surface area (Å²) < 4.78 is 26.6. The van der Waals surface area contributed by atoms with Crippen molar-refractivity contribution in [2.24, 2.45) is 5.92 Å². The van der Waals surface area contributed by atoms with Crippen LogP contribution in [0.15, 0.2) is 53.5 Å². The predicted octanol–water partition coefficient (Wildman–Crippen LogP) is 1.76. The number of nitrogens with one attached hydrogen (secondary N) is 1. The van der Waals surface area contributed by atoms with Gasteiger partial charge in [-0.15, -0.1) is 0 Å². The van der Waals surface area contributed by atoms with Crippen molar-refractivity contribution in [2.75, 3.05) is 11.9 Å². The molecule has 2 N–H and O–H groups in total. The summed E-state index contributed by atoms with van der Waals surface area (Å²) in [4.78, 5) is 27.8. The molecule has 1 aromatic heterocycles. The van der Waals surface area contributed by atoms with Crippen LogP contribution in [0.1, 0.15) is 24.6 Å². The minimum Gasteiger partial charge on any atom is -0.386 e. The predicted molar refractivity (Wildman–Crippen MR) is 105 cm³/mol. The molecule has 4 rings (SSSR count). The number of rotatable bonds is 7. The molecule has 1 saturated carbocycles. The first-order valence-corrected chi connectivity index (χ1v) is 9.67. The van der Waals surface area contributed by atoms with Gasteiger partial charge < -0.3 is 19.9 Å². The van der Waals surface area contributed by atoms with Gasteiger partial charge in [0.2, 0.25) is 5.91 Å². The zero-order valence-corrected chi connectivity index (χ0v) is 16.2. The summed E-state index contributed by atoms with van der Waals surface area (Å²) in [7, 11) is 0. The fraction of sp³-hybridized carbons (Fsp3) is 0.381. The zero-order chi connectivity index (χ0) is 21.3. The number of aliphatic hydroxyl groups is 1. The molecule has 0 spiro atoms. The quantitative estimate of drug-likeness (QED) is 0.668. The second-order valence-corrected chi connectivity index (χ2v) is 7.44. The van der Waals surface area contributed by atoms with Crippen LogP contribution in [0.3, 0.4) is 0 Å². The van der Waals surface area contributed by atoms with Gasteiger partial charge >= 0.3 is 5.69 Å². The molecule has 1 saturated heterocycles. The molecule has 1 aliphatic heterocycles. The van der Waals surface area contributed by atoms with Crippen LogP contribution in [0.5, 0.6) is 0 Å². The van der Waals surface area contributed by atoms with Gasteiger partial charge in [-0.1, -0.05) is 36.9 Å². The molecule has 0 radical (unpaired) electrons. The monoisotopic (exact) mass is 415 g/mol. The normalized spacial score (nSPS) is 23.5. The third kappa shape index (κ3) is 4.33. The zero-order valence-electron chi connectivity index (χ0n) is 16.2. The SMILES string of the molecule is C=C1[C@H](n2cc(F)c(NC(=O)C3CC3)nc2=O)O[C@H](COCc2ccccc2)[C@H]1O. The van der Waals surface area contributed by atoms with Crippen molar-refractivity contribution in [3.05, 3.63) is 70.5 Å². The van der Waals surface area contributed by atoms with E-state index in [1.54, 1.807) is 0 Å². The Morgan fingerprint density at radius 1 is 1.37 bits per heavy atom. The summed E-state index contributed by atoms with van der Waals surface area (Å²) in [5, 5.41) is 12.7. The summed E-state index contributed by atoms with van der Waals surface area (Å²) in [5.41, 5.74) is 0.333. The topological polar surface area (TPSA) is 103 Å². The van der Waals surface area contributed by atoms with E-state index in [2.05, 4.69) is 16.9 Å². The maximum absolute atomic E-state index is 14.4. The van der Waals surface area contributed by atoms with Gasteiger partial charge in [0.25, 0.3) is 0 Å². The van der Waals surface area contributed by atoms with Crippen LogP contribution < -0.4 is 11.0 Å². The van der Waals surface area contributed by atoms with Gasteiger partial charge in [-0.25, -0.2) is 9.18 Å².